The van der Waals surface area contributed by atoms with Crippen LogP contribution < -0.4 is 16.4 Å². The van der Waals surface area contributed by atoms with Gasteiger partial charge >= 0.3 is 18.1 Å². The molecule has 0 fully saturated rings. The molecule has 11 nitrogen and oxygen atoms in total. The van der Waals surface area contributed by atoms with Crippen molar-refractivity contribution in [3.05, 3.63) is 106 Å². The fourth-order valence-electron chi connectivity index (χ4n) is 4.25. The van der Waals surface area contributed by atoms with Gasteiger partial charge in [0.2, 0.25) is 3.23 Å². The monoisotopic (exact) mass is 867 g/mol. The number of nitrogens with zero attached hydrogens (tertiary/aromatic N) is 2. The standard InChI is InChI=1S/C17H14F3N3O3.C15H9Br3N2O3/c1-16(21,14(24)25)10-4-7-13-12(8-10)23-15(26-13)22-11-5-2-9(3-6-11)17(18,19)20;16-9-2-4-10(5-3-9)19-14-20-11-7-8(1-6-12(11)23-14)15(17,18)13(21)22/h2-8H,21H2,1H3,(H,22,23)(H,24,25);1-7H,(H,19,20)(H,21,22). The highest BCUT2D eigenvalue weighted by molar-refractivity contribution is 9.25. The number of oxazole rings is 2. The summed E-state index contributed by atoms with van der Waals surface area (Å²) in [6, 6.07) is 21.9. The largest absolute Gasteiger partial charge is 0.480 e. The molecule has 17 heteroatoms. The van der Waals surface area contributed by atoms with Crippen molar-refractivity contribution >= 4 is 105 Å². The molecule has 4 aromatic carbocycles. The van der Waals surface area contributed by atoms with E-state index >= 15 is 0 Å². The van der Waals surface area contributed by atoms with Crippen LogP contribution in [0.1, 0.15) is 23.6 Å². The van der Waals surface area contributed by atoms with Gasteiger partial charge in [-0.25, -0.2) is 9.59 Å². The fraction of sp³-hybridized carbons (Fsp3) is 0.125. The number of rotatable bonds is 8. The molecule has 6 rings (SSSR count). The minimum atomic E-state index is -4.41. The van der Waals surface area contributed by atoms with E-state index < -0.39 is 32.5 Å². The molecule has 0 saturated heterocycles. The Morgan fingerprint density at radius 1 is 0.714 bits per heavy atom. The third-order valence-corrected chi connectivity index (χ3v) is 9.13. The van der Waals surface area contributed by atoms with Gasteiger partial charge in [0, 0.05) is 15.8 Å². The molecule has 0 radical (unpaired) electrons. The third-order valence-electron chi connectivity index (χ3n) is 7.01. The third kappa shape index (κ3) is 8.24. The summed E-state index contributed by atoms with van der Waals surface area (Å²) in [5.74, 6) is -2.24. The highest BCUT2D eigenvalue weighted by Gasteiger charge is 2.35. The van der Waals surface area contributed by atoms with Crippen LogP contribution in [0.3, 0.4) is 0 Å². The maximum absolute atomic E-state index is 12.6. The number of nitrogens with one attached hydrogen (secondary N) is 2. The fourth-order valence-corrected chi connectivity index (χ4v) is 5.01. The molecular formula is C32H23Br3F3N5O6. The van der Waals surface area contributed by atoms with Crippen LogP contribution >= 0.6 is 47.8 Å². The number of carbonyl (C=O) groups is 2. The Bertz CT molecular complexity index is 2150. The molecule has 254 valence electrons. The van der Waals surface area contributed by atoms with E-state index in [2.05, 4.69) is 68.4 Å². The molecule has 0 bridgehead atoms. The number of halogens is 6. The van der Waals surface area contributed by atoms with Gasteiger partial charge in [0.25, 0.3) is 12.0 Å². The van der Waals surface area contributed by atoms with Crippen molar-refractivity contribution in [2.24, 2.45) is 5.73 Å². The predicted octanol–water partition coefficient (Wildman–Crippen LogP) is 9.21. The second kappa shape index (κ2) is 13.8. The normalized spacial score (nSPS) is 13.0. The van der Waals surface area contributed by atoms with Gasteiger partial charge in [0.15, 0.2) is 11.2 Å². The zero-order valence-corrected chi connectivity index (χ0v) is 29.6. The van der Waals surface area contributed by atoms with Crippen LogP contribution in [0.2, 0.25) is 0 Å². The van der Waals surface area contributed by atoms with Gasteiger partial charge in [-0.15, -0.1) is 0 Å². The summed E-state index contributed by atoms with van der Waals surface area (Å²) in [5, 5.41) is 24.2. The topological polar surface area (TPSA) is 177 Å². The number of fused-ring (bicyclic) bond motifs is 2. The lowest BCUT2D eigenvalue weighted by molar-refractivity contribution is -0.143. The van der Waals surface area contributed by atoms with E-state index in [0.717, 1.165) is 22.3 Å². The summed E-state index contributed by atoms with van der Waals surface area (Å²) in [4.78, 5) is 31.0. The van der Waals surface area contributed by atoms with Crippen molar-refractivity contribution < 1.29 is 41.8 Å². The first kappa shape index (κ1) is 35.8. The Kier molecular flexibility index (Phi) is 10.1. The SMILES string of the molecule is CC(N)(C(=O)O)c1ccc2oc(Nc3ccc(C(F)(F)F)cc3)nc2c1.O=C(O)C(Br)(Br)c1ccc2oc(Nc3ccc(Br)cc3)nc2c1. The Morgan fingerprint density at radius 3 is 1.59 bits per heavy atom. The molecule has 0 spiro atoms. The Balaban J connectivity index is 0.000000192. The van der Waals surface area contributed by atoms with E-state index in [-0.39, 0.29) is 6.01 Å². The van der Waals surface area contributed by atoms with Crippen molar-refractivity contribution in [3.8, 4) is 0 Å². The lowest BCUT2D eigenvalue weighted by Crippen LogP contribution is -2.41. The van der Waals surface area contributed by atoms with E-state index in [0.29, 0.717) is 45.0 Å². The van der Waals surface area contributed by atoms with Crippen molar-refractivity contribution in [1.29, 1.82) is 0 Å². The number of carboxylic acids is 2. The van der Waals surface area contributed by atoms with Gasteiger partial charge in [-0.1, -0.05) is 59.9 Å². The first-order valence-corrected chi connectivity index (χ1v) is 16.2. The Morgan fingerprint density at radius 2 is 1.14 bits per heavy atom. The lowest BCUT2D eigenvalue weighted by atomic mass is 9.93. The second-order valence-electron chi connectivity index (χ2n) is 10.6. The van der Waals surface area contributed by atoms with E-state index in [9.17, 15) is 33.0 Å². The number of hydrogen-bond acceptors (Lipinski definition) is 9. The molecule has 0 aliphatic heterocycles. The highest BCUT2D eigenvalue weighted by Crippen LogP contribution is 2.40. The van der Waals surface area contributed by atoms with Crippen LogP contribution in [0.25, 0.3) is 22.2 Å². The van der Waals surface area contributed by atoms with Gasteiger partial charge in [0.05, 0.1) is 5.56 Å². The smallest absolute Gasteiger partial charge is 0.416 e. The van der Waals surface area contributed by atoms with Crippen LogP contribution in [0.4, 0.5) is 36.6 Å². The van der Waals surface area contributed by atoms with E-state index in [1.54, 1.807) is 18.2 Å². The van der Waals surface area contributed by atoms with Crippen LogP contribution in [0.15, 0.2) is 98.2 Å². The van der Waals surface area contributed by atoms with Crippen LogP contribution in [0.5, 0.6) is 0 Å². The molecule has 0 saturated carbocycles. The molecule has 2 aromatic heterocycles. The van der Waals surface area contributed by atoms with E-state index in [1.165, 1.54) is 37.3 Å². The number of aliphatic carboxylic acids is 2. The zero-order valence-electron chi connectivity index (χ0n) is 24.8. The van der Waals surface area contributed by atoms with Gasteiger partial charge in [0.1, 0.15) is 16.6 Å². The average molecular weight is 870 g/mol. The van der Waals surface area contributed by atoms with Crippen LogP contribution in [0, 0.1) is 0 Å². The second-order valence-corrected chi connectivity index (χ2v) is 15.0. The van der Waals surface area contributed by atoms with Crippen molar-refractivity contribution in [2.75, 3.05) is 10.6 Å². The van der Waals surface area contributed by atoms with E-state index in [1.807, 2.05) is 24.3 Å². The Labute approximate surface area is 300 Å². The van der Waals surface area contributed by atoms with Gasteiger partial charge < -0.3 is 35.4 Å². The summed E-state index contributed by atoms with van der Waals surface area (Å²) < 4.78 is 48.4. The first-order valence-electron chi connectivity index (χ1n) is 13.9. The van der Waals surface area contributed by atoms with E-state index in [4.69, 9.17) is 14.6 Å². The number of carboxylic acid groups (broad SMARTS) is 2. The predicted molar refractivity (Wildman–Crippen MR) is 187 cm³/mol. The van der Waals surface area contributed by atoms with Gasteiger partial charge in [-0.2, -0.15) is 23.1 Å². The van der Waals surface area contributed by atoms with Crippen molar-refractivity contribution in [1.82, 2.24) is 9.97 Å². The number of alkyl halides is 5. The zero-order chi connectivity index (χ0) is 35.7. The first-order chi connectivity index (χ1) is 22.9. The summed E-state index contributed by atoms with van der Waals surface area (Å²) >= 11 is 9.67. The molecule has 0 aliphatic rings. The molecule has 6 N–H and O–H groups in total. The van der Waals surface area contributed by atoms with Crippen molar-refractivity contribution in [3.63, 3.8) is 0 Å². The summed E-state index contributed by atoms with van der Waals surface area (Å²) in [5.41, 5.74) is 7.36. The summed E-state index contributed by atoms with van der Waals surface area (Å²) in [7, 11) is 0. The number of benzene rings is 4. The quantitative estimate of drug-likeness (QED) is 0.0922. The number of hydrogen-bond donors (Lipinski definition) is 5. The maximum Gasteiger partial charge on any atom is 0.416 e. The lowest BCUT2D eigenvalue weighted by Gasteiger charge is -2.19. The molecule has 1 unspecified atom stereocenters. The van der Waals surface area contributed by atoms with Gasteiger partial charge in [-0.05, 0) is 90.8 Å². The molecule has 1 atom stereocenters. The molecular weight excluding hydrogens is 847 g/mol. The van der Waals surface area contributed by atoms with Crippen LogP contribution in [-0.2, 0) is 24.5 Å². The highest BCUT2D eigenvalue weighted by atomic mass is 79.9. The molecule has 6 aromatic rings. The Hall–Kier alpha value is -4.45. The summed E-state index contributed by atoms with van der Waals surface area (Å²) in [6.45, 7) is 1.36. The van der Waals surface area contributed by atoms with Gasteiger partial charge in [-0.3, -0.25) is 0 Å². The minimum Gasteiger partial charge on any atom is -0.480 e. The molecule has 2 heterocycles. The van der Waals surface area contributed by atoms with Crippen molar-refractivity contribution in [2.45, 2.75) is 21.9 Å². The van der Waals surface area contributed by atoms with Crippen LogP contribution in [-0.4, -0.2) is 32.1 Å². The molecule has 0 amide bonds. The number of anilines is 4. The minimum absolute atomic E-state index is 0.0611. The number of nitrogens with two attached hydrogens (primary N) is 1. The number of aromatic nitrogens is 2. The molecule has 49 heavy (non-hydrogen) atoms. The summed E-state index contributed by atoms with van der Waals surface area (Å²) in [6.07, 6.45) is -4.41. The maximum atomic E-state index is 12.6. The molecule has 0 aliphatic carbocycles. The average Bonchev–Trinajstić information content (AvgIpc) is 3.64.